The fraction of sp³-hybridized carbons (Fsp3) is 0. The quantitative estimate of drug-likeness (QED) is 0.454. The van der Waals surface area contributed by atoms with E-state index in [1.165, 1.54) is 12.3 Å². The third-order valence-corrected chi connectivity index (χ3v) is 0.816. The third-order valence-electron chi connectivity index (χ3n) is 0.816. The van der Waals surface area contributed by atoms with Crippen molar-refractivity contribution >= 4 is 13.4 Å². The van der Waals surface area contributed by atoms with Crippen LogP contribution in [0.2, 0.25) is 0 Å². The van der Waals surface area contributed by atoms with Crippen molar-refractivity contribution in [3.63, 3.8) is 0 Å². The average molecular weight is 105 g/mol. The first kappa shape index (κ1) is 5.16. The summed E-state index contributed by atoms with van der Waals surface area (Å²) < 4.78 is 0. The third kappa shape index (κ3) is 0.806. The maximum atomic E-state index is 8.73. The van der Waals surface area contributed by atoms with Gasteiger partial charge in [0.05, 0.1) is 0 Å². The Labute approximate surface area is 48.6 Å². The van der Waals surface area contributed by atoms with Crippen molar-refractivity contribution < 1.29 is 5.11 Å². The van der Waals surface area contributed by atoms with E-state index in [0.29, 0.717) is 0 Å². The normalized spacial score (nSPS) is 9.00. The number of aromatic hydroxyl groups is 1. The minimum atomic E-state index is 0.0347. The Morgan fingerprint density at radius 2 is 2.38 bits per heavy atom. The molecule has 0 aromatic carbocycles. The van der Waals surface area contributed by atoms with Gasteiger partial charge < -0.3 is 5.11 Å². The number of nitrogens with zero attached hydrogens (tertiary/aromatic N) is 1. The molecule has 1 aromatic rings. The first-order chi connectivity index (χ1) is 3.80. The molecule has 38 valence electrons. The van der Waals surface area contributed by atoms with E-state index in [-0.39, 0.29) is 11.3 Å². The Bertz CT molecular complexity index is 169. The molecule has 8 heavy (non-hydrogen) atoms. The Morgan fingerprint density at radius 1 is 1.62 bits per heavy atom. The lowest BCUT2D eigenvalue weighted by molar-refractivity contribution is 0.478. The van der Waals surface area contributed by atoms with E-state index < -0.39 is 0 Å². The summed E-state index contributed by atoms with van der Waals surface area (Å²) in [6.45, 7) is 0. The molecule has 0 saturated carbocycles. The fourth-order valence-corrected chi connectivity index (χ4v) is 0.409. The van der Waals surface area contributed by atoms with E-state index in [0.717, 1.165) is 0 Å². The van der Waals surface area contributed by atoms with Gasteiger partial charge in [-0.2, -0.15) is 0 Å². The second-order valence-corrected chi connectivity index (χ2v) is 1.41. The minimum Gasteiger partial charge on any atom is -0.507 e. The van der Waals surface area contributed by atoms with Gasteiger partial charge in [-0.15, -0.1) is 0 Å². The summed E-state index contributed by atoms with van der Waals surface area (Å²) in [7, 11) is 5.16. The van der Waals surface area contributed by atoms with Gasteiger partial charge in [0.2, 0.25) is 0 Å². The molecule has 0 aliphatic rings. The van der Waals surface area contributed by atoms with Gasteiger partial charge in [0.1, 0.15) is 13.6 Å². The summed E-state index contributed by atoms with van der Waals surface area (Å²) in [5.41, 5.74) is 0.174. The van der Waals surface area contributed by atoms with E-state index in [9.17, 15) is 0 Å². The molecular formula is C5H4BNO. The van der Waals surface area contributed by atoms with Crippen molar-refractivity contribution in [2.45, 2.75) is 0 Å². The van der Waals surface area contributed by atoms with Crippen LogP contribution in [0.5, 0.6) is 5.75 Å². The number of pyridine rings is 1. The molecule has 1 aromatic heterocycles. The monoisotopic (exact) mass is 105 g/mol. The smallest absolute Gasteiger partial charge is 0.147 e. The molecule has 2 radical (unpaired) electrons. The van der Waals surface area contributed by atoms with Crippen LogP contribution < -0.4 is 5.59 Å². The Hall–Kier alpha value is -0.985. The highest BCUT2D eigenvalue weighted by molar-refractivity contribution is 6.32. The van der Waals surface area contributed by atoms with Crippen molar-refractivity contribution in [3.05, 3.63) is 18.3 Å². The summed E-state index contributed by atoms with van der Waals surface area (Å²) in [5, 5.41) is 8.73. The molecule has 1 rings (SSSR count). The predicted octanol–water partition coefficient (Wildman–Crippen LogP) is -0.419. The summed E-state index contributed by atoms with van der Waals surface area (Å²) in [6.07, 6.45) is 1.52. The first-order valence-electron chi connectivity index (χ1n) is 2.20. The maximum Gasteiger partial charge on any atom is 0.147 e. The lowest BCUT2D eigenvalue weighted by Gasteiger charge is -1.91. The Morgan fingerprint density at radius 3 is 2.75 bits per heavy atom. The van der Waals surface area contributed by atoms with E-state index in [2.05, 4.69) is 4.98 Å². The van der Waals surface area contributed by atoms with Crippen LogP contribution in [0.4, 0.5) is 0 Å². The van der Waals surface area contributed by atoms with Crippen molar-refractivity contribution in [2.24, 2.45) is 0 Å². The van der Waals surface area contributed by atoms with Gasteiger partial charge in [-0.3, -0.25) is 4.98 Å². The van der Waals surface area contributed by atoms with Crippen LogP contribution in [-0.4, -0.2) is 17.9 Å². The molecule has 0 saturated heterocycles. The van der Waals surface area contributed by atoms with Crippen LogP contribution in [0.1, 0.15) is 0 Å². The number of hydrogen-bond donors (Lipinski definition) is 1. The lowest BCUT2D eigenvalue weighted by Crippen LogP contribution is -2.06. The van der Waals surface area contributed by atoms with Crippen molar-refractivity contribution in [2.75, 3.05) is 0 Å². The summed E-state index contributed by atoms with van der Waals surface area (Å²) in [4.78, 5) is 3.61. The van der Waals surface area contributed by atoms with Gasteiger partial charge in [-0.25, -0.2) is 0 Å². The van der Waals surface area contributed by atoms with Gasteiger partial charge in [-0.1, -0.05) is 0 Å². The molecule has 0 atom stereocenters. The van der Waals surface area contributed by atoms with Gasteiger partial charge in [-0.05, 0) is 12.1 Å². The average Bonchev–Trinajstić information content (AvgIpc) is 1.77. The highest BCUT2D eigenvalue weighted by Crippen LogP contribution is 1.96. The number of hydrogen-bond acceptors (Lipinski definition) is 2. The standard InChI is InChI=1S/C5H4BNO/c6-5-4(8)2-1-3-7-5/h1-3,8H. The van der Waals surface area contributed by atoms with Crippen molar-refractivity contribution in [1.29, 1.82) is 0 Å². The molecule has 2 nitrogen and oxygen atoms in total. The molecule has 1 heterocycles. The van der Waals surface area contributed by atoms with E-state index in [1.54, 1.807) is 6.07 Å². The zero-order valence-electron chi connectivity index (χ0n) is 4.20. The molecule has 0 aliphatic heterocycles. The molecule has 1 N–H and O–H groups in total. The second-order valence-electron chi connectivity index (χ2n) is 1.41. The van der Waals surface area contributed by atoms with Gasteiger partial charge in [0.15, 0.2) is 0 Å². The van der Waals surface area contributed by atoms with Gasteiger partial charge in [0.25, 0.3) is 0 Å². The fourth-order valence-electron chi connectivity index (χ4n) is 0.409. The molecule has 0 amide bonds. The van der Waals surface area contributed by atoms with Crippen LogP contribution in [-0.2, 0) is 0 Å². The zero-order chi connectivity index (χ0) is 5.98. The highest BCUT2D eigenvalue weighted by Gasteiger charge is 1.88. The van der Waals surface area contributed by atoms with Crippen LogP contribution in [0, 0.1) is 0 Å². The largest absolute Gasteiger partial charge is 0.507 e. The second kappa shape index (κ2) is 1.86. The Kier molecular flexibility index (Phi) is 1.20. The first-order valence-corrected chi connectivity index (χ1v) is 2.20. The number of aromatic nitrogens is 1. The topological polar surface area (TPSA) is 33.1 Å². The van der Waals surface area contributed by atoms with Crippen LogP contribution >= 0.6 is 0 Å². The van der Waals surface area contributed by atoms with Gasteiger partial charge in [0, 0.05) is 11.8 Å². The molecule has 0 fully saturated rings. The van der Waals surface area contributed by atoms with Crippen LogP contribution in [0.3, 0.4) is 0 Å². The summed E-state index contributed by atoms with van der Waals surface area (Å²) >= 11 is 0. The highest BCUT2D eigenvalue weighted by atomic mass is 16.3. The van der Waals surface area contributed by atoms with Crippen LogP contribution in [0.15, 0.2) is 18.3 Å². The molecular weight excluding hydrogens is 101 g/mol. The molecule has 0 unspecified atom stereocenters. The molecule has 0 spiro atoms. The maximum absolute atomic E-state index is 8.73. The molecule has 3 heteroatoms. The zero-order valence-corrected chi connectivity index (χ0v) is 4.20. The number of rotatable bonds is 0. The van der Waals surface area contributed by atoms with E-state index in [1.807, 2.05) is 0 Å². The summed E-state index contributed by atoms with van der Waals surface area (Å²) in [6, 6.07) is 3.11. The van der Waals surface area contributed by atoms with Crippen molar-refractivity contribution in [1.82, 2.24) is 4.98 Å². The van der Waals surface area contributed by atoms with E-state index >= 15 is 0 Å². The SMILES string of the molecule is [B]c1ncccc1O. The molecule has 0 bridgehead atoms. The molecule has 0 aliphatic carbocycles. The lowest BCUT2D eigenvalue weighted by atomic mass is 10.0. The predicted molar refractivity (Wildman–Crippen MR) is 31.3 cm³/mol. The van der Waals surface area contributed by atoms with E-state index in [4.69, 9.17) is 13.0 Å². The van der Waals surface area contributed by atoms with Crippen molar-refractivity contribution in [3.8, 4) is 5.75 Å². The van der Waals surface area contributed by atoms with Gasteiger partial charge >= 0.3 is 0 Å². The summed E-state index contributed by atoms with van der Waals surface area (Å²) in [5.74, 6) is 0.0347. The minimum absolute atomic E-state index is 0.0347. The van der Waals surface area contributed by atoms with Crippen LogP contribution in [0.25, 0.3) is 0 Å². The Balaban J connectivity index is 3.13.